The second-order valence-electron chi connectivity index (χ2n) is 10.6. The molecular formula is C32H34FNO7. The second-order valence-corrected chi connectivity index (χ2v) is 10.6. The molecule has 41 heavy (non-hydrogen) atoms. The zero-order chi connectivity index (χ0) is 29.6. The quantitative estimate of drug-likeness (QED) is 0.173. The Balaban J connectivity index is 1.53. The van der Waals surface area contributed by atoms with Crippen LogP contribution in [0.4, 0.5) is 10.1 Å². The summed E-state index contributed by atoms with van der Waals surface area (Å²) in [7, 11) is 0. The smallest absolute Gasteiger partial charge is 0.303 e. The molecule has 0 saturated carbocycles. The molecule has 1 heterocycles. The van der Waals surface area contributed by atoms with E-state index < -0.39 is 36.5 Å². The number of aliphatic carboxylic acids is 1. The lowest BCUT2D eigenvalue weighted by molar-refractivity contribution is -0.137. The van der Waals surface area contributed by atoms with Crippen molar-refractivity contribution >= 4 is 23.3 Å². The molecule has 3 aromatic rings. The highest BCUT2D eigenvalue weighted by atomic mass is 19.1. The molecule has 0 spiro atoms. The van der Waals surface area contributed by atoms with E-state index in [0.717, 1.165) is 16.7 Å². The fraction of sp³-hybridized carbons (Fsp3) is 0.344. The minimum Gasteiger partial charge on any atom is -0.481 e. The van der Waals surface area contributed by atoms with Gasteiger partial charge in [0.15, 0.2) is 5.78 Å². The minimum atomic E-state index is -1.56. The molecule has 4 rings (SSSR count). The van der Waals surface area contributed by atoms with Crippen molar-refractivity contribution < 1.29 is 39.2 Å². The summed E-state index contributed by atoms with van der Waals surface area (Å²) in [4.78, 5) is 38.7. The standard InChI is InChI=1S/C32H34FNO7/c33-25-10-8-23(9-11-25)28(37)15-14-27-30(24-6-1-22(2-7-24)17-18-32(41,19-35)20-36)34(31(27)40)26-12-3-21(4-13-26)5-16-29(38)39/h1-4,6-13,27,30,35-36,41H,5,14-20H2,(H,38,39)/t27-,30-/m1/s1. The average molecular weight is 564 g/mol. The second kappa shape index (κ2) is 13.2. The summed E-state index contributed by atoms with van der Waals surface area (Å²) in [6.45, 7) is -1.09. The number of aliphatic hydroxyl groups is 3. The van der Waals surface area contributed by atoms with Gasteiger partial charge < -0.3 is 25.3 Å². The largest absolute Gasteiger partial charge is 0.481 e. The maximum absolute atomic E-state index is 13.4. The van der Waals surface area contributed by atoms with Gasteiger partial charge in [-0.05, 0) is 78.8 Å². The number of ketones is 1. The summed E-state index contributed by atoms with van der Waals surface area (Å²) in [5.41, 5.74) is 2.09. The lowest BCUT2D eigenvalue weighted by Crippen LogP contribution is -2.55. The van der Waals surface area contributed by atoms with Crippen molar-refractivity contribution in [2.45, 2.75) is 50.2 Å². The van der Waals surface area contributed by atoms with Crippen LogP contribution in [0.1, 0.15) is 58.8 Å². The van der Waals surface area contributed by atoms with E-state index in [2.05, 4.69) is 0 Å². The number of hydrogen-bond donors (Lipinski definition) is 4. The Morgan fingerprint density at radius 2 is 1.41 bits per heavy atom. The highest BCUT2D eigenvalue weighted by Crippen LogP contribution is 2.46. The van der Waals surface area contributed by atoms with Gasteiger partial charge in [0.2, 0.25) is 5.91 Å². The monoisotopic (exact) mass is 563 g/mol. The summed E-state index contributed by atoms with van der Waals surface area (Å²) in [6, 6.07) is 19.7. The first kappa shape index (κ1) is 30.0. The lowest BCUT2D eigenvalue weighted by atomic mass is 9.78. The molecule has 1 fully saturated rings. The molecule has 0 aliphatic carbocycles. The summed E-state index contributed by atoms with van der Waals surface area (Å²) in [5, 5.41) is 37.8. The third-order valence-corrected chi connectivity index (χ3v) is 7.69. The number of halogens is 1. The van der Waals surface area contributed by atoms with Gasteiger partial charge in [-0.3, -0.25) is 14.4 Å². The fourth-order valence-electron chi connectivity index (χ4n) is 5.11. The zero-order valence-electron chi connectivity index (χ0n) is 22.6. The van der Waals surface area contributed by atoms with Crippen LogP contribution in [0.2, 0.25) is 0 Å². The average Bonchev–Trinajstić information content (AvgIpc) is 2.98. The number of carboxylic acids is 1. The van der Waals surface area contributed by atoms with Crippen molar-refractivity contribution in [3.05, 3.63) is 101 Å². The molecule has 9 heteroatoms. The van der Waals surface area contributed by atoms with Crippen LogP contribution in [-0.4, -0.2) is 56.9 Å². The van der Waals surface area contributed by atoms with E-state index in [1.165, 1.54) is 24.3 Å². The number of carbonyl (C=O) groups excluding carboxylic acids is 2. The number of rotatable bonds is 14. The van der Waals surface area contributed by atoms with E-state index in [4.69, 9.17) is 5.11 Å². The maximum atomic E-state index is 13.4. The van der Waals surface area contributed by atoms with Crippen LogP contribution < -0.4 is 4.90 Å². The number of carboxylic acid groups (broad SMARTS) is 1. The first-order chi connectivity index (χ1) is 19.6. The molecule has 8 nitrogen and oxygen atoms in total. The Labute approximate surface area is 237 Å². The van der Waals surface area contributed by atoms with Crippen LogP contribution in [0.3, 0.4) is 0 Å². The van der Waals surface area contributed by atoms with Gasteiger partial charge in [0.25, 0.3) is 0 Å². The molecule has 0 aromatic heterocycles. The summed E-state index contributed by atoms with van der Waals surface area (Å²) < 4.78 is 13.3. The van der Waals surface area contributed by atoms with Crippen LogP contribution in [-0.2, 0) is 22.4 Å². The van der Waals surface area contributed by atoms with E-state index in [0.29, 0.717) is 30.5 Å². The summed E-state index contributed by atoms with van der Waals surface area (Å²) in [6.07, 6.45) is 1.43. The number of hydrogen-bond acceptors (Lipinski definition) is 6. The molecule has 0 unspecified atom stereocenters. The van der Waals surface area contributed by atoms with Gasteiger partial charge in [0.1, 0.15) is 11.4 Å². The van der Waals surface area contributed by atoms with Crippen molar-refractivity contribution in [3.8, 4) is 0 Å². The Morgan fingerprint density at radius 3 is 2.00 bits per heavy atom. The van der Waals surface area contributed by atoms with Crippen LogP contribution in [0.5, 0.6) is 0 Å². The molecule has 216 valence electrons. The Morgan fingerprint density at radius 1 is 0.829 bits per heavy atom. The lowest BCUT2D eigenvalue weighted by Gasteiger charge is -2.47. The third kappa shape index (κ3) is 7.24. The van der Waals surface area contributed by atoms with Crippen LogP contribution in [0.15, 0.2) is 72.8 Å². The number of benzene rings is 3. The Kier molecular flexibility index (Phi) is 9.65. The number of anilines is 1. The number of β-lactam (4-membered cyclic amide) rings is 1. The number of aryl methyl sites for hydroxylation is 2. The van der Waals surface area contributed by atoms with Gasteiger partial charge in [0, 0.05) is 24.1 Å². The number of Topliss-reactive ketones (excluding diaryl/α,β-unsaturated/α-hetero) is 1. The maximum Gasteiger partial charge on any atom is 0.303 e. The van der Waals surface area contributed by atoms with Gasteiger partial charge in [-0.2, -0.15) is 0 Å². The van der Waals surface area contributed by atoms with Gasteiger partial charge in [-0.1, -0.05) is 36.4 Å². The fourth-order valence-corrected chi connectivity index (χ4v) is 5.11. The highest BCUT2D eigenvalue weighted by Gasteiger charge is 2.48. The van der Waals surface area contributed by atoms with Gasteiger partial charge >= 0.3 is 5.97 Å². The molecule has 1 aliphatic rings. The molecule has 3 aromatic carbocycles. The number of carbonyl (C=O) groups is 3. The molecular weight excluding hydrogens is 529 g/mol. The first-order valence-corrected chi connectivity index (χ1v) is 13.6. The SMILES string of the molecule is O=C(O)CCc1ccc(N2C(=O)[C@H](CCC(=O)c3ccc(F)cc3)[C@H]2c2ccc(CCC(O)(CO)CO)cc2)cc1. The van der Waals surface area contributed by atoms with E-state index in [1.807, 2.05) is 24.3 Å². The van der Waals surface area contributed by atoms with Crippen molar-refractivity contribution in [1.82, 2.24) is 0 Å². The Bertz CT molecular complexity index is 1350. The summed E-state index contributed by atoms with van der Waals surface area (Å²) in [5.74, 6) is -2.06. The number of aliphatic hydroxyl groups excluding tert-OH is 2. The van der Waals surface area contributed by atoms with Crippen molar-refractivity contribution in [2.75, 3.05) is 18.1 Å². The highest BCUT2D eigenvalue weighted by molar-refractivity contribution is 6.04. The molecule has 0 radical (unpaired) electrons. The van der Waals surface area contributed by atoms with E-state index in [9.17, 15) is 34.1 Å². The molecule has 0 bridgehead atoms. The predicted molar refractivity (Wildman–Crippen MR) is 150 cm³/mol. The molecule has 1 saturated heterocycles. The zero-order valence-corrected chi connectivity index (χ0v) is 22.6. The Hall–Kier alpha value is -3.92. The van der Waals surface area contributed by atoms with E-state index >= 15 is 0 Å². The van der Waals surface area contributed by atoms with E-state index in [-0.39, 0.29) is 37.0 Å². The predicted octanol–water partition coefficient (Wildman–Crippen LogP) is 3.86. The van der Waals surface area contributed by atoms with Crippen molar-refractivity contribution in [2.24, 2.45) is 5.92 Å². The van der Waals surface area contributed by atoms with Crippen LogP contribution in [0.25, 0.3) is 0 Å². The van der Waals surface area contributed by atoms with Gasteiger partial charge in [-0.25, -0.2) is 4.39 Å². The molecule has 4 N–H and O–H groups in total. The topological polar surface area (TPSA) is 135 Å². The number of nitrogens with zero attached hydrogens (tertiary/aromatic N) is 1. The molecule has 2 atom stereocenters. The van der Waals surface area contributed by atoms with Gasteiger partial charge in [0.05, 0.1) is 25.2 Å². The van der Waals surface area contributed by atoms with Crippen LogP contribution in [0, 0.1) is 11.7 Å². The third-order valence-electron chi connectivity index (χ3n) is 7.69. The van der Waals surface area contributed by atoms with Gasteiger partial charge in [-0.15, -0.1) is 0 Å². The molecule has 1 amide bonds. The van der Waals surface area contributed by atoms with Crippen molar-refractivity contribution in [3.63, 3.8) is 0 Å². The normalized spacial score (nSPS) is 16.9. The van der Waals surface area contributed by atoms with E-state index in [1.54, 1.807) is 29.2 Å². The number of amides is 1. The first-order valence-electron chi connectivity index (χ1n) is 13.6. The van der Waals surface area contributed by atoms with Crippen molar-refractivity contribution in [1.29, 1.82) is 0 Å². The van der Waals surface area contributed by atoms with Crippen LogP contribution >= 0.6 is 0 Å². The summed E-state index contributed by atoms with van der Waals surface area (Å²) >= 11 is 0. The minimum absolute atomic E-state index is 0.00906. The molecule has 1 aliphatic heterocycles.